The van der Waals surface area contributed by atoms with Crippen LogP contribution in [0.2, 0.25) is 0 Å². The Hall–Kier alpha value is -0.970. The van der Waals surface area contributed by atoms with Crippen LogP contribution in [0.4, 0.5) is 0 Å². The summed E-state index contributed by atoms with van der Waals surface area (Å²) in [5.74, 6) is 2.36. The second kappa shape index (κ2) is 6.69. The van der Waals surface area contributed by atoms with E-state index in [-0.39, 0.29) is 5.91 Å². The van der Waals surface area contributed by atoms with Gasteiger partial charge < -0.3 is 9.42 Å². The quantitative estimate of drug-likeness (QED) is 0.784. The minimum absolute atomic E-state index is 0.201. The molecule has 5 heteroatoms. The molecule has 0 spiro atoms. The van der Waals surface area contributed by atoms with Crippen LogP contribution in [0.15, 0.2) is 4.52 Å². The van der Waals surface area contributed by atoms with Crippen molar-refractivity contribution in [2.45, 2.75) is 33.4 Å². The number of hydrogen-bond acceptors (Lipinski definition) is 4. The molecule has 0 radical (unpaired) electrons. The summed E-state index contributed by atoms with van der Waals surface area (Å²) in [5.41, 5.74) is 2.03. The topological polar surface area (TPSA) is 46.3 Å². The first-order valence-corrected chi connectivity index (χ1v) is 7.02. The molecule has 0 atom stereocenters. The van der Waals surface area contributed by atoms with Crippen molar-refractivity contribution in [3.8, 4) is 0 Å². The first-order chi connectivity index (χ1) is 8.10. The Balaban J connectivity index is 2.40. The fourth-order valence-electron chi connectivity index (χ4n) is 1.62. The first-order valence-electron chi connectivity index (χ1n) is 5.87. The minimum atomic E-state index is 0.201. The van der Waals surface area contributed by atoms with E-state index in [1.165, 1.54) is 0 Å². The van der Waals surface area contributed by atoms with E-state index in [1.807, 2.05) is 32.6 Å². The Kier molecular flexibility index (Phi) is 5.55. The standard InChI is InChI=1S/C12H20N2O2S/c1-5-14(6-2)12(15)8-17-7-11-9(3)13-16-10(11)4/h5-8H2,1-4H3. The molecule has 0 aromatic carbocycles. The van der Waals surface area contributed by atoms with Crippen molar-refractivity contribution in [1.82, 2.24) is 10.1 Å². The SMILES string of the molecule is CCN(CC)C(=O)CSCc1c(C)noc1C. The largest absolute Gasteiger partial charge is 0.361 e. The predicted molar refractivity (Wildman–Crippen MR) is 70.1 cm³/mol. The maximum atomic E-state index is 11.8. The molecule has 1 amide bonds. The zero-order valence-electron chi connectivity index (χ0n) is 10.9. The molecule has 1 aromatic heterocycles. The summed E-state index contributed by atoms with van der Waals surface area (Å²) in [4.78, 5) is 13.6. The van der Waals surface area contributed by atoms with Gasteiger partial charge in [-0.05, 0) is 27.7 Å². The molecule has 0 N–H and O–H groups in total. The van der Waals surface area contributed by atoms with Crippen LogP contribution in [-0.2, 0) is 10.5 Å². The molecule has 0 aliphatic heterocycles. The van der Waals surface area contributed by atoms with Crippen molar-refractivity contribution in [2.75, 3.05) is 18.8 Å². The van der Waals surface area contributed by atoms with Gasteiger partial charge in [-0.15, -0.1) is 11.8 Å². The fraction of sp³-hybridized carbons (Fsp3) is 0.667. The van der Waals surface area contributed by atoms with Crippen molar-refractivity contribution in [3.63, 3.8) is 0 Å². The van der Waals surface area contributed by atoms with Crippen LogP contribution in [0, 0.1) is 13.8 Å². The molecule has 0 fully saturated rings. The number of carbonyl (C=O) groups is 1. The molecule has 0 unspecified atom stereocenters. The van der Waals surface area contributed by atoms with E-state index in [2.05, 4.69) is 5.16 Å². The zero-order valence-corrected chi connectivity index (χ0v) is 11.8. The normalized spacial score (nSPS) is 10.6. The lowest BCUT2D eigenvalue weighted by Crippen LogP contribution is -2.31. The molecule has 0 saturated carbocycles. The molecule has 0 bridgehead atoms. The van der Waals surface area contributed by atoms with Gasteiger partial charge in [-0.1, -0.05) is 5.16 Å². The molecule has 0 saturated heterocycles. The van der Waals surface area contributed by atoms with Crippen molar-refractivity contribution >= 4 is 17.7 Å². The maximum Gasteiger partial charge on any atom is 0.232 e. The van der Waals surface area contributed by atoms with Crippen LogP contribution in [-0.4, -0.2) is 34.8 Å². The first kappa shape index (κ1) is 14.1. The highest BCUT2D eigenvalue weighted by molar-refractivity contribution is 7.99. The molecule has 96 valence electrons. The third-order valence-corrected chi connectivity index (χ3v) is 3.71. The molecule has 0 aliphatic carbocycles. The molecule has 0 aliphatic rings. The van der Waals surface area contributed by atoms with Gasteiger partial charge in [0.15, 0.2) is 0 Å². The number of thioether (sulfide) groups is 1. The van der Waals surface area contributed by atoms with Gasteiger partial charge >= 0.3 is 0 Å². The second-order valence-electron chi connectivity index (χ2n) is 3.86. The molecule has 1 heterocycles. The smallest absolute Gasteiger partial charge is 0.232 e. The number of aryl methyl sites for hydroxylation is 2. The molecule has 1 aromatic rings. The van der Waals surface area contributed by atoms with Crippen LogP contribution < -0.4 is 0 Å². The van der Waals surface area contributed by atoms with E-state index in [9.17, 15) is 4.79 Å². The van der Waals surface area contributed by atoms with Crippen LogP contribution in [0.1, 0.15) is 30.9 Å². The zero-order chi connectivity index (χ0) is 12.8. The van der Waals surface area contributed by atoms with Gasteiger partial charge in [0.05, 0.1) is 11.4 Å². The number of amides is 1. The van der Waals surface area contributed by atoms with Gasteiger partial charge in [-0.25, -0.2) is 0 Å². The lowest BCUT2D eigenvalue weighted by molar-refractivity contribution is -0.127. The van der Waals surface area contributed by atoms with E-state index >= 15 is 0 Å². The highest BCUT2D eigenvalue weighted by atomic mass is 32.2. The third kappa shape index (κ3) is 3.77. The molecular weight excluding hydrogens is 236 g/mol. The maximum absolute atomic E-state index is 11.8. The number of hydrogen-bond donors (Lipinski definition) is 0. The van der Waals surface area contributed by atoms with Gasteiger partial charge in [0, 0.05) is 24.4 Å². The highest BCUT2D eigenvalue weighted by Gasteiger charge is 2.12. The van der Waals surface area contributed by atoms with E-state index in [0.29, 0.717) is 5.75 Å². The molecule has 17 heavy (non-hydrogen) atoms. The van der Waals surface area contributed by atoms with Gasteiger partial charge in [-0.2, -0.15) is 0 Å². The second-order valence-corrected chi connectivity index (χ2v) is 4.85. The Labute approximate surface area is 107 Å². The van der Waals surface area contributed by atoms with Crippen LogP contribution in [0.25, 0.3) is 0 Å². The lowest BCUT2D eigenvalue weighted by Gasteiger charge is -2.18. The van der Waals surface area contributed by atoms with E-state index in [1.54, 1.807) is 11.8 Å². The van der Waals surface area contributed by atoms with Gasteiger partial charge in [-0.3, -0.25) is 4.79 Å². The van der Waals surface area contributed by atoms with Gasteiger partial charge in [0.2, 0.25) is 5.91 Å². The Morgan fingerprint density at radius 2 is 2.00 bits per heavy atom. The lowest BCUT2D eigenvalue weighted by atomic mass is 10.2. The summed E-state index contributed by atoms with van der Waals surface area (Å²) in [7, 11) is 0. The summed E-state index contributed by atoms with van der Waals surface area (Å²) >= 11 is 1.62. The fourth-order valence-corrected chi connectivity index (χ4v) is 2.69. The van der Waals surface area contributed by atoms with Crippen LogP contribution in [0.3, 0.4) is 0 Å². The van der Waals surface area contributed by atoms with Crippen LogP contribution >= 0.6 is 11.8 Å². The van der Waals surface area contributed by atoms with E-state index in [4.69, 9.17) is 4.52 Å². The van der Waals surface area contributed by atoms with Gasteiger partial charge in [0.25, 0.3) is 0 Å². The number of carbonyl (C=O) groups excluding carboxylic acids is 1. The number of aromatic nitrogens is 1. The third-order valence-electron chi connectivity index (χ3n) is 2.77. The van der Waals surface area contributed by atoms with Crippen molar-refractivity contribution in [2.24, 2.45) is 0 Å². The Morgan fingerprint density at radius 3 is 2.47 bits per heavy atom. The van der Waals surface area contributed by atoms with Gasteiger partial charge in [0.1, 0.15) is 5.76 Å². The summed E-state index contributed by atoms with van der Waals surface area (Å²) in [6, 6.07) is 0. The molecular formula is C12H20N2O2S. The highest BCUT2D eigenvalue weighted by Crippen LogP contribution is 2.19. The van der Waals surface area contributed by atoms with Crippen molar-refractivity contribution < 1.29 is 9.32 Å². The minimum Gasteiger partial charge on any atom is -0.361 e. The Bertz CT molecular complexity index is 353. The molecule has 4 nitrogen and oxygen atoms in total. The summed E-state index contributed by atoms with van der Waals surface area (Å²) < 4.78 is 5.08. The monoisotopic (exact) mass is 256 g/mol. The predicted octanol–water partition coefficient (Wildman–Crippen LogP) is 2.39. The average molecular weight is 256 g/mol. The molecule has 1 rings (SSSR count). The van der Waals surface area contributed by atoms with Crippen LogP contribution in [0.5, 0.6) is 0 Å². The van der Waals surface area contributed by atoms with E-state index in [0.717, 1.165) is 35.9 Å². The summed E-state index contributed by atoms with van der Waals surface area (Å²) in [6.45, 7) is 9.39. The summed E-state index contributed by atoms with van der Waals surface area (Å²) in [5, 5.41) is 3.90. The van der Waals surface area contributed by atoms with E-state index < -0.39 is 0 Å². The number of nitrogens with zero attached hydrogens (tertiary/aromatic N) is 2. The Morgan fingerprint density at radius 1 is 1.35 bits per heavy atom. The number of rotatable bonds is 6. The average Bonchev–Trinajstić information content (AvgIpc) is 2.62. The van der Waals surface area contributed by atoms with Crippen molar-refractivity contribution in [1.29, 1.82) is 0 Å². The summed E-state index contributed by atoms with van der Waals surface area (Å²) in [6.07, 6.45) is 0. The van der Waals surface area contributed by atoms with Crippen molar-refractivity contribution in [3.05, 3.63) is 17.0 Å².